The van der Waals surface area contributed by atoms with Crippen molar-refractivity contribution in [2.24, 2.45) is 0 Å². The third-order valence-electron chi connectivity index (χ3n) is 3.66. The highest BCUT2D eigenvalue weighted by Gasteiger charge is 2.16. The molecular weight excluding hydrogens is 340 g/mol. The maximum atomic E-state index is 12.4. The van der Waals surface area contributed by atoms with Crippen molar-refractivity contribution in [2.45, 2.75) is 0 Å². The standard InChI is InChI=1S/C17H12N4O3S/c1-24-11-8-6-10(7-9-11)18-15(23)16-20-21-13-5-3-2-4-12(13)14(22)19-17(21)25-16/h2-9H,1H3,(H,18,23). The smallest absolute Gasteiger partial charge is 0.286 e. The van der Waals surface area contributed by atoms with Crippen molar-refractivity contribution in [1.29, 1.82) is 0 Å². The number of para-hydroxylation sites is 1. The second kappa shape index (κ2) is 5.99. The van der Waals surface area contributed by atoms with Crippen molar-refractivity contribution in [3.63, 3.8) is 0 Å². The number of carbonyl (C=O) groups excluding carboxylic acids is 1. The van der Waals surface area contributed by atoms with Crippen LogP contribution in [0.25, 0.3) is 15.9 Å². The Hall–Kier alpha value is -3.26. The first kappa shape index (κ1) is 15.3. The third kappa shape index (κ3) is 2.72. The van der Waals surface area contributed by atoms with Gasteiger partial charge in [0.1, 0.15) is 5.75 Å². The number of amides is 1. The lowest BCUT2D eigenvalue weighted by atomic mass is 10.2. The van der Waals surface area contributed by atoms with Gasteiger partial charge in [-0.1, -0.05) is 23.5 Å². The van der Waals surface area contributed by atoms with Crippen molar-refractivity contribution >= 4 is 38.8 Å². The summed E-state index contributed by atoms with van der Waals surface area (Å²) in [5.41, 5.74) is 0.913. The number of rotatable bonds is 3. The molecule has 7 nitrogen and oxygen atoms in total. The normalized spacial score (nSPS) is 10.9. The van der Waals surface area contributed by atoms with Crippen LogP contribution in [0.1, 0.15) is 9.80 Å². The monoisotopic (exact) mass is 352 g/mol. The van der Waals surface area contributed by atoms with Gasteiger partial charge in [-0.15, -0.1) is 5.10 Å². The van der Waals surface area contributed by atoms with Crippen LogP contribution in [-0.4, -0.2) is 27.6 Å². The van der Waals surface area contributed by atoms with Crippen molar-refractivity contribution < 1.29 is 9.53 Å². The number of aromatic nitrogens is 3. The minimum atomic E-state index is -0.364. The van der Waals surface area contributed by atoms with E-state index in [4.69, 9.17) is 4.74 Å². The maximum absolute atomic E-state index is 12.4. The Labute approximate surface area is 145 Å². The highest BCUT2D eigenvalue weighted by atomic mass is 32.1. The van der Waals surface area contributed by atoms with Crippen LogP contribution in [0, 0.1) is 0 Å². The summed E-state index contributed by atoms with van der Waals surface area (Å²) in [7, 11) is 1.58. The summed E-state index contributed by atoms with van der Waals surface area (Å²) < 4.78 is 6.60. The van der Waals surface area contributed by atoms with E-state index >= 15 is 0 Å². The van der Waals surface area contributed by atoms with Gasteiger partial charge in [0, 0.05) is 5.69 Å². The molecule has 1 amide bonds. The van der Waals surface area contributed by atoms with Crippen LogP contribution < -0.4 is 15.6 Å². The molecule has 0 unspecified atom stereocenters. The molecule has 4 rings (SSSR count). The molecule has 0 atom stereocenters. The summed E-state index contributed by atoms with van der Waals surface area (Å²) in [6, 6.07) is 14.0. The van der Waals surface area contributed by atoms with Crippen molar-refractivity contribution in [3.05, 3.63) is 63.9 Å². The number of hydrogen-bond acceptors (Lipinski definition) is 6. The zero-order valence-electron chi connectivity index (χ0n) is 13.1. The molecule has 0 radical (unpaired) electrons. The van der Waals surface area contributed by atoms with Crippen LogP contribution in [0.2, 0.25) is 0 Å². The zero-order valence-corrected chi connectivity index (χ0v) is 13.9. The SMILES string of the molecule is COc1ccc(NC(=O)c2nn3c(nc(=O)c4ccccc43)s2)cc1. The quantitative estimate of drug-likeness (QED) is 0.612. The molecular formula is C17H12N4O3S. The number of nitrogens with one attached hydrogen (secondary N) is 1. The number of methoxy groups -OCH3 is 1. The molecule has 0 spiro atoms. The molecule has 0 aliphatic rings. The summed E-state index contributed by atoms with van der Waals surface area (Å²) in [6.45, 7) is 0. The Morgan fingerprint density at radius 2 is 1.92 bits per heavy atom. The van der Waals surface area contributed by atoms with Crippen LogP contribution in [0.4, 0.5) is 5.69 Å². The Bertz CT molecular complexity index is 1150. The number of anilines is 1. The predicted molar refractivity (Wildman–Crippen MR) is 95.6 cm³/mol. The van der Waals surface area contributed by atoms with Crippen molar-refractivity contribution in [1.82, 2.24) is 14.6 Å². The minimum absolute atomic E-state index is 0.221. The first-order valence-corrected chi connectivity index (χ1v) is 8.21. The number of fused-ring (bicyclic) bond motifs is 3. The Balaban J connectivity index is 1.72. The summed E-state index contributed by atoms with van der Waals surface area (Å²) in [4.78, 5) is 28.9. The Morgan fingerprint density at radius 1 is 1.16 bits per heavy atom. The first-order chi connectivity index (χ1) is 12.2. The summed E-state index contributed by atoms with van der Waals surface area (Å²) in [5.74, 6) is 0.337. The van der Waals surface area contributed by atoms with E-state index in [-0.39, 0.29) is 16.5 Å². The van der Waals surface area contributed by atoms with Crippen LogP contribution in [0.15, 0.2) is 53.3 Å². The molecule has 0 aliphatic heterocycles. The van der Waals surface area contributed by atoms with E-state index in [0.717, 1.165) is 11.3 Å². The average molecular weight is 352 g/mol. The van der Waals surface area contributed by atoms with Crippen LogP contribution in [0.3, 0.4) is 0 Å². The molecule has 4 aromatic rings. The number of nitrogens with zero attached hydrogens (tertiary/aromatic N) is 3. The fourth-order valence-corrected chi connectivity index (χ4v) is 3.24. The molecule has 2 aromatic heterocycles. The van der Waals surface area contributed by atoms with E-state index in [1.807, 2.05) is 6.07 Å². The summed E-state index contributed by atoms with van der Waals surface area (Å²) in [6.07, 6.45) is 0. The highest BCUT2D eigenvalue weighted by molar-refractivity contribution is 7.18. The van der Waals surface area contributed by atoms with E-state index in [9.17, 15) is 9.59 Å². The summed E-state index contributed by atoms with van der Waals surface area (Å²) >= 11 is 1.07. The second-order valence-electron chi connectivity index (χ2n) is 5.22. The lowest BCUT2D eigenvalue weighted by molar-refractivity contribution is 0.102. The van der Waals surface area contributed by atoms with E-state index < -0.39 is 0 Å². The maximum Gasteiger partial charge on any atom is 0.286 e. The molecule has 0 aliphatic carbocycles. The van der Waals surface area contributed by atoms with E-state index in [1.54, 1.807) is 49.6 Å². The van der Waals surface area contributed by atoms with Crippen LogP contribution in [0.5, 0.6) is 5.75 Å². The molecule has 0 bridgehead atoms. The molecule has 2 heterocycles. The lowest BCUT2D eigenvalue weighted by Gasteiger charge is -2.04. The third-order valence-corrected chi connectivity index (χ3v) is 4.57. The van der Waals surface area contributed by atoms with E-state index in [1.165, 1.54) is 4.52 Å². The van der Waals surface area contributed by atoms with Gasteiger partial charge in [0.2, 0.25) is 9.97 Å². The second-order valence-corrected chi connectivity index (χ2v) is 6.17. The molecule has 8 heteroatoms. The van der Waals surface area contributed by atoms with Crippen molar-refractivity contribution in [3.8, 4) is 5.75 Å². The van der Waals surface area contributed by atoms with Gasteiger partial charge in [0.15, 0.2) is 0 Å². The molecule has 0 saturated heterocycles. The topological polar surface area (TPSA) is 85.6 Å². The van der Waals surface area contributed by atoms with Gasteiger partial charge in [-0.05, 0) is 36.4 Å². The predicted octanol–water partition coefficient (Wildman–Crippen LogP) is 2.57. The Morgan fingerprint density at radius 3 is 2.68 bits per heavy atom. The minimum Gasteiger partial charge on any atom is -0.497 e. The van der Waals surface area contributed by atoms with Gasteiger partial charge in [-0.2, -0.15) is 4.98 Å². The molecule has 0 fully saturated rings. The fraction of sp³-hybridized carbons (Fsp3) is 0.0588. The van der Waals surface area contributed by atoms with E-state index in [2.05, 4.69) is 15.4 Å². The molecule has 124 valence electrons. The van der Waals surface area contributed by atoms with Gasteiger partial charge in [0.25, 0.3) is 11.5 Å². The van der Waals surface area contributed by atoms with Crippen LogP contribution >= 0.6 is 11.3 Å². The summed E-state index contributed by atoms with van der Waals surface area (Å²) in [5, 5.41) is 7.76. The van der Waals surface area contributed by atoms with E-state index in [0.29, 0.717) is 27.3 Å². The average Bonchev–Trinajstić information content (AvgIpc) is 3.07. The molecule has 1 N–H and O–H groups in total. The van der Waals surface area contributed by atoms with Crippen LogP contribution in [-0.2, 0) is 0 Å². The number of hydrogen-bond donors (Lipinski definition) is 1. The van der Waals surface area contributed by atoms with Crippen molar-refractivity contribution in [2.75, 3.05) is 12.4 Å². The molecule has 0 saturated carbocycles. The number of ether oxygens (including phenoxy) is 1. The van der Waals surface area contributed by atoms with Gasteiger partial charge in [-0.3, -0.25) is 9.59 Å². The van der Waals surface area contributed by atoms with Gasteiger partial charge >= 0.3 is 0 Å². The molecule has 2 aromatic carbocycles. The van der Waals surface area contributed by atoms with Gasteiger partial charge in [-0.25, -0.2) is 4.52 Å². The fourth-order valence-electron chi connectivity index (χ4n) is 2.45. The largest absolute Gasteiger partial charge is 0.497 e. The zero-order chi connectivity index (χ0) is 17.4. The lowest BCUT2D eigenvalue weighted by Crippen LogP contribution is -2.12. The molecule has 25 heavy (non-hydrogen) atoms. The number of carbonyl (C=O) groups is 1. The highest BCUT2D eigenvalue weighted by Crippen LogP contribution is 2.19. The van der Waals surface area contributed by atoms with Gasteiger partial charge < -0.3 is 10.1 Å². The first-order valence-electron chi connectivity index (χ1n) is 7.40. The Kier molecular flexibility index (Phi) is 3.66. The number of benzene rings is 2. The van der Waals surface area contributed by atoms with Gasteiger partial charge in [0.05, 0.1) is 18.0 Å².